The highest BCUT2D eigenvalue weighted by molar-refractivity contribution is 5.11. The Morgan fingerprint density at radius 3 is 2.88 bits per heavy atom. The molecule has 0 saturated heterocycles. The molecular weight excluding hydrogens is 218 g/mol. The predicted molar refractivity (Wildman–Crippen MR) is 63.4 cm³/mol. The maximum absolute atomic E-state index is 9.26. The molecule has 1 aromatic rings. The van der Waals surface area contributed by atoms with Crippen LogP contribution in [0.3, 0.4) is 0 Å². The minimum absolute atomic E-state index is 0.0132. The van der Waals surface area contributed by atoms with Crippen LogP contribution in [-0.2, 0) is 24.3 Å². The average Bonchev–Trinajstić information content (AvgIpc) is 3.03. The van der Waals surface area contributed by atoms with E-state index in [1.165, 1.54) is 12.8 Å². The molecule has 0 spiro atoms. The van der Waals surface area contributed by atoms with Crippen molar-refractivity contribution in [2.75, 3.05) is 13.7 Å². The van der Waals surface area contributed by atoms with Crippen LogP contribution in [0.1, 0.15) is 31.2 Å². The zero-order valence-corrected chi connectivity index (χ0v) is 10.6. The van der Waals surface area contributed by atoms with Crippen LogP contribution in [-0.4, -0.2) is 33.8 Å². The van der Waals surface area contributed by atoms with E-state index in [1.807, 2.05) is 4.68 Å². The molecule has 1 atom stereocenters. The van der Waals surface area contributed by atoms with Crippen LogP contribution in [0.4, 0.5) is 0 Å². The van der Waals surface area contributed by atoms with Gasteiger partial charge in [0, 0.05) is 13.7 Å². The zero-order valence-electron chi connectivity index (χ0n) is 10.6. The van der Waals surface area contributed by atoms with Crippen molar-refractivity contribution >= 4 is 0 Å². The van der Waals surface area contributed by atoms with E-state index >= 15 is 0 Å². The molecule has 17 heavy (non-hydrogen) atoms. The molecule has 5 nitrogen and oxygen atoms in total. The first-order chi connectivity index (χ1) is 8.24. The van der Waals surface area contributed by atoms with Crippen LogP contribution in [0, 0.1) is 11.8 Å². The van der Waals surface area contributed by atoms with Gasteiger partial charge in [0.1, 0.15) is 5.69 Å². The van der Waals surface area contributed by atoms with Gasteiger partial charge in [-0.25, -0.2) is 4.68 Å². The second-order valence-corrected chi connectivity index (χ2v) is 5.03. The zero-order chi connectivity index (χ0) is 12.3. The fourth-order valence-corrected chi connectivity index (χ4v) is 2.09. The van der Waals surface area contributed by atoms with Crippen LogP contribution in [0.2, 0.25) is 0 Å². The summed E-state index contributed by atoms with van der Waals surface area (Å²) >= 11 is 0. The quantitative estimate of drug-likeness (QED) is 0.771. The third-order valence-corrected chi connectivity index (χ3v) is 3.18. The topological polar surface area (TPSA) is 60.2 Å². The van der Waals surface area contributed by atoms with Gasteiger partial charge in [-0.05, 0) is 31.1 Å². The monoisotopic (exact) mass is 239 g/mol. The lowest BCUT2D eigenvalue weighted by Crippen LogP contribution is -2.16. The molecule has 1 saturated carbocycles. The van der Waals surface area contributed by atoms with E-state index in [1.54, 1.807) is 7.11 Å². The highest BCUT2D eigenvalue weighted by Crippen LogP contribution is 2.33. The van der Waals surface area contributed by atoms with Crippen LogP contribution < -0.4 is 0 Å². The summed E-state index contributed by atoms with van der Waals surface area (Å²) in [5, 5.41) is 17.5. The van der Waals surface area contributed by atoms with Gasteiger partial charge >= 0.3 is 0 Å². The standard InChI is InChI=1S/C12H21N3O2/c1-9(8-17-2)6-15-12(5-10-3-4-10)11(7-16)13-14-15/h9-10,16H,3-8H2,1-2H3. The molecule has 96 valence electrons. The second kappa shape index (κ2) is 5.60. The third-order valence-electron chi connectivity index (χ3n) is 3.18. The lowest BCUT2D eigenvalue weighted by molar-refractivity contribution is 0.148. The molecule has 0 radical (unpaired) electrons. The number of aliphatic hydroxyl groups excluding tert-OH is 1. The van der Waals surface area contributed by atoms with Gasteiger partial charge in [0.25, 0.3) is 0 Å². The van der Waals surface area contributed by atoms with Crippen molar-refractivity contribution < 1.29 is 9.84 Å². The Morgan fingerprint density at radius 1 is 1.53 bits per heavy atom. The molecule has 0 aliphatic heterocycles. The summed E-state index contributed by atoms with van der Waals surface area (Å²) in [4.78, 5) is 0. The summed E-state index contributed by atoms with van der Waals surface area (Å²) in [6.45, 7) is 3.64. The Morgan fingerprint density at radius 2 is 2.29 bits per heavy atom. The fourth-order valence-electron chi connectivity index (χ4n) is 2.09. The molecule has 1 heterocycles. The van der Waals surface area contributed by atoms with Gasteiger partial charge in [-0.2, -0.15) is 0 Å². The molecule has 0 aromatic carbocycles. The summed E-state index contributed by atoms with van der Waals surface area (Å²) in [5.41, 5.74) is 1.85. The van der Waals surface area contributed by atoms with Crippen LogP contribution in [0.15, 0.2) is 0 Å². The summed E-state index contributed by atoms with van der Waals surface area (Å²) in [6.07, 6.45) is 3.59. The Kier molecular flexibility index (Phi) is 4.12. The Labute approximate surface area is 102 Å². The molecule has 1 aliphatic rings. The first-order valence-corrected chi connectivity index (χ1v) is 6.25. The van der Waals surface area contributed by atoms with Gasteiger partial charge in [-0.1, -0.05) is 12.1 Å². The average molecular weight is 239 g/mol. The maximum Gasteiger partial charge on any atom is 0.111 e. The molecule has 1 aliphatic carbocycles. The van der Waals surface area contributed by atoms with Crippen molar-refractivity contribution in [2.24, 2.45) is 11.8 Å². The fraction of sp³-hybridized carbons (Fsp3) is 0.833. The summed E-state index contributed by atoms with van der Waals surface area (Å²) in [6, 6.07) is 0. The number of aliphatic hydroxyl groups is 1. The summed E-state index contributed by atoms with van der Waals surface area (Å²) < 4.78 is 7.07. The van der Waals surface area contributed by atoms with E-state index in [0.29, 0.717) is 5.92 Å². The van der Waals surface area contributed by atoms with Crippen molar-refractivity contribution in [3.63, 3.8) is 0 Å². The molecule has 1 fully saturated rings. The SMILES string of the molecule is COCC(C)Cn1nnc(CO)c1CC1CC1. The number of hydrogen-bond acceptors (Lipinski definition) is 4. The number of nitrogens with zero attached hydrogens (tertiary/aromatic N) is 3. The van der Waals surface area contributed by atoms with E-state index < -0.39 is 0 Å². The first kappa shape index (κ1) is 12.5. The highest BCUT2D eigenvalue weighted by atomic mass is 16.5. The molecule has 0 amide bonds. The van der Waals surface area contributed by atoms with Gasteiger partial charge in [-0.3, -0.25) is 0 Å². The largest absolute Gasteiger partial charge is 0.390 e. The van der Waals surface area contributed by atoms with Crippen LogP contribution in [0.5, 0.6) is 0 Å². The highest BCUT2D eigenvalue weighted by Gasteiger charge is 2.26. The van der Waals surface area contributed by atoms with Gasteiger partial charge in [0.15, 0.2) is 0 Å². The number of aromatic nitrogens is 3. The van der Waals surface area contributed by atoms with E-state index in [2.05, 4.69) is 17.2 Å². The van der Waals surface area contributed by atoms with E-state index in [9.17, 15) is 5.11 Å². The molecule has 0 bridgehead atoms. The van der Waals surface area contributed by atoms with Gasteiger partial charge in [-0.15, -0.1) is 5.10 Å². The van der Waals surface area contributed by atoms with Crippen molar-refractivity contribution in [1.82, 2.24) is 15.0 Å². The molecular formula is C12H21N3O2. The number of hydrogen-bond donors (Lipinski definition) is 1. The minimum atomic E-state index is -0.0132. The molecule has 1 N–H and O–H groups in total. The van der Waals surface area contributed by atoms with E-state index in [-0.39, 0.29) is 6.61 Å². The summed E-state index contributed by atoms with van der Waals surface area (Å²) in [7, 11) is 1.71. The predicted octanol–water partition coefficient (Wildman–Crippen LogP) is 1.01. The Balaban J connectivity index is 2.06. The smallest absolute Gasteiger partial charge is 0.111 e. The van der Waals surface area contributed by atoms with E-state index in [4.69, 9.17) is 4.74 Å². The molecule has 1 unspecified atom stereocenters. The minimum Gasteiger partial charge on any atom is -0.390 e. The van der Waals surface area contributed by atoms with E-state index in [0.717, 1.165) is 36.9 Å². The van der Waals surface area contributed by atoms with Crippen molar-refractivity contribution in [3.8, 4) is 0 Å². The van der Waals surface area contributed by atoms with Crippen LogP contribution in [0.25, 0.3) is 0 Å². The van der Waals surface area contributed by atoms with Crippen LogP contribution >= 0.6 is 0 Å². The normalized spacial score (nSPS) is 17.4. The lowest BCUT2D eigenvalue weighted by atomic mass is 10.1. The Hall–Kier alpha value is -0.940. The molecule has 2 rings (SSSR count). The first-order valence-electron chi connectivity index (χ1n) is 6.25. The summed E-state index contributed by atoms with van der Waals surface area (Å²) in [5.74, 6) is 1.18. The number of methoxy groups -OCH3 is 1. The molecule has 1 aromatic heterocycles. The maximum atomic E-state index is 9.26. The van der Waals surface area contributed by atoms with Crippen molar-refractivity contribution in [2.45, 2.75) is 39.3 Å². The lowest BCUT2D eigenvalue weighted by Gasteiger charge is -2.12. The number of rotatable bonds is 7. The van der Waals surface area contributed by atoms with Crippen molar-refractivity contribution in [1.29, 1.82) is 0 Å². The van der Waals surface area contributed by atoms with Crippen molar-refractivity contribution in [3.05, 3.63) is 11.4 Å². The third kappa shape index (κ3) is 3.26. The Bertz CT molecular complexity index is 361. The second-order valence-electron chi connectivity index (χ2n) is 5.03. The van der Waals surface area contributed by atoms with Gasteiger partial charge in [0.2, 0.25) is 0 Å². The molecule has 5 heteroatoms. The van der Waals surface area contributed by atoms with Gasteiger partial charge in [0.05, 0.1) is 18.9 Å². The van der Waals surface area contributed by atoms with Gasteiger partial charge < -0.3 is 9.84 Å². The number of ether oxygens (including phenoxy) is 1.